The summed E-state index contributed by atoms with van der Waals surface area (Å²) in [7, 11) is 0. The molecular weight excluding hydrogens is 298 g/mol. The molecule has 8 heteroatoms. The van der Waals surface area contributed by atoms with Crippen molar-refractivity contribution in [2.24, 2.45) is 0 Å². The molecule has 1 aromatic heterocycles. The zero-order chi connectivity index (χ0) is 15.8. The lowest BCUT2D eigenvalue weighted by Crippen LogP contribution is -2.52. The van der Waals surface area contributed by atoms with Crippen LogP contribution in [0.3, 0.4) is 0 Å². The maximum atomic E-state index is 11.7. The smallest absolute Gasteiger partial charge is 0.239 e. The minimum Gasteiger partial charge on any atom is -0.389 e. The second kappa shape index (κ2) is 5.93. The van der Waals surface area contributed by atoms with Crippen LogP contribution in [0.2, 0.25) is 0 Å². The predicted molar refractivity (Wildman–Crippen MR) is 83.7 cm³/mol. The summed E-state index contributed by atoms with van der Waals surface area (Å²) in [6, 6.07) is 1.98. The van der Waals surface area contributed by atoms with Crippen LogP contribution in [0.5, 0.6) is 0 Å². The molecule has 1 aromatic rings. The van der Waals surface area contributed by atoms with E-state index in [4.69, 9.17) is 4.74 Å². The van der Waals surface area contributed by atoms with Crippen LogP contribution in [-0.2, 0) is 9.53 Å². The number of hydrogen-bond acceptors (Lipinski definition) is 7. The molecule has 0 aliphatic carbocycles. The fourth-order valence-electron chi connectivity index (χ4n) is 3.17. The van der Waals surface area contributed by atoms with Gasteiger partial charge in [-0.1, -0.05) is 0 Å². The summed E-state index contributed by atoms with van der Waals surface area (Å²) in [6.07, 6.45) is 0.653. The Morgan fingerprint density at radius 3 is 2.87 bits per heavy atom. The van der Waals surface area contributed by atoms with Crippen LogP contribution >= 0.6 is 0 Å². The maximum Gasteiger partial charge on any atom is 0.239 e. The molecule has 1 unspecified atom stereocenters. The number of piperazine rings is 1. The highest BCUT2D eigenvalue weighted by atomic mass is 16.5. The zero-order valence-corrected chi connectivity index (χ0v) is 12.9. The predicted octanol–water partition coefficient (Wildman–Crippen LogP) is -0.902. The van der Waals surface area contributed by atoms with Gasteiger partial charge in [0.2, 0.25) is 11.9 Å². The van der Waals surface area contributed by atoms with E-state index in [0.29, 0.717) is 38.7 Å². The van der Waals surface area contributed by atoms with Gasteiger partial charge >= 0.3 is 0 Å². The number of carbonyl (C=O) groups is 1. The minimum atomic E-state index is -0.304. The number of carbonyl (C=O) groups excluding carboxylic acids is 1. The lowest BCUT2D eigenvalue weighted by atomic mass is 10.0. The molecule has 23 heavy (non-hydrogen) atoms. The lowest BCUT2D eigenvalue weighted by Gasteiger charge is -2.37. The van der Waals surface area contributed by atoms with Crippen LogP contribution in [0.4, 0.5) is 11.8 Å². The van der Waals surface area contributed by atoms with E-state index in [2.05, 4.69) is 15.3 Å². The lowest BCUT2D eigenvalue weighted by molar-refractivity contribution is -0.120. The van der Waals surface area contributed by atoms with Gasteiger partial charge in [-0.25, -0.2) is 4.98 Å². The molecule has 4 rings (SSSR count). The van der Waals surface area contributed by atoms with Crippen molar-refractivity contribution in [1.29, 1.82) is 0 Å². The van der Waals surface area contributed by atoms with E-state index in [1.807, 2.05) is 15.9 Å². The Morgan fingerprint density at radius 1 is 1.30 bits per heavy atom. The van der Waals surface area contributed by atoms with Gasteiger partial charge in [-0.3, -0.25) is 4.79 Å². The molecule has 0 bridgehead atoms. The fourth-order valence-corrected chi connectivity index (χ4v) is 3.17. The highest BCUT2D eigenvalue weighted by Gasteiger charge is 2.30. The minimum absolute atomic E-state index is 0.0153. The average Bonchev–Trinajstić information content (AvgIpc) is 3.06. The van der Waals surface area contributed by atoms with Crippen molar-refractivity contribution in [3.05, 3.63) is 11.8 Å². The Bertz CT molecular complexity index is 599. The first kappa shape index (κ1) is 14.6. The number of aliphatic hydroxyl groups is 1. The maximum absolute atomic E-state index is 11.7. The molecule has 2 N–H and O–H groups in total. The Morgan fingerprint density at radius 2 is 2.17 bits per heavy atom. The highest BCUT2D eigenvalue weighted by Crippen LogP contribution is 2.29. The Kier molecular flexibility index (Phi) is 3.78. The second-order valence-electron chi connectivity index (χ2n) is 6.34. The second-order valence-corrected chi connectivity index (χ2v) is 6.34. The van der Waals surface area contributed by atoms with Crippen LogP contribution in [-0.4, -0.2) is 73.0 Å². The van der Waals surface area contributed by atoms with Gasteiger partial charge in [0.15, 0.2) is 0 Å². The first-order chi connectivity index (χ1) is 11.2. The Labute approximate surface area is 134 Å². The van der Waals surface area contributed by atoms with Crippen LogP contribution in [0.25, 0.3) is 0 Å². The van der Waals surface area contributed by atoms with Crippen LogP contribution < -0.4 is 15.1 Å². The normalized spacial score (nSPS) is 25.4. The third-order valence-corrected chi connectivity index (χ3v) is 4.58. The van der Waals surface area contributed by atoms with Crippen LogP contribution in [0.1, 0.15) is 18.0 Å². The standard InChI is InChI=1S/C15H21N5O3/c21-11-6-20(7-11)15-17-12(10-1-4-23-9-10)5-13(18-15)19-3-2-16-14(22)8-19/h5,10-11,21H,1-4,6-9H2,(H,16,22). The molecule has 1 amide bonds. The van der Waals surface area contributed by atoms with Crippen molar-refractivity contribution in [3.8, 4) is 0 Å². The summed E-state index contributed by atoms with van der Waals surface area (Å²) < 4.78 is 5.48. The van der Waals surface area contributed by atoms with E-state index in [9.17, 15) is 9.90 Å². The number of anilines is 2. The molecule has 4 heterocycles. The first-order valence-corrected chi connectivity index (χ1v) is 8.10. The van der Waals surface area contributed by atoms with Gasteiger partial charge in [0.05, 0.1) is 24.9 Å². The van der Waals surface area contributed by atoms with E-state index in [0.717, 1.165) is 31.1 Å². The number of nitrogens with zero attached hydrogens (tertiary/aromatic N) is 4. The van der Waals surface area contributed by atoms with Gasteiger partial charge in [0, 0.05) is 44.8 Å². The van der Waals surface area contributed by atoms with E-state index < -0.39 is 0 Å². The van der Waals surface area contributed by atoms with Gasteiger partial charge in [0.25, 0.3) is 0 Å². The van der Waals surface area contributed by atoms with Crippen LogP contribution in [0, 0.1) is 0 Å². The number of aliphatic hydroxyl groups excluding tert-OH is 1. The van der Waals surface area contributed by atoms with Crippen molar-refractivity contribution in [2.45, 2.75) is 18.4 Å². The summed E-state index contributed by atoms with van der Waals surface area (Å²) >= 11 is 0. The van der Waals surface area contributed by atoms with Gasteiger partial charge < -0.3 is 25.0 Å². The van der Waals surface area contributed by atoms with Crippen molar-refractivity contribution >= 4 is 17.7 Å². The number of aromatic nitrogens is 2. The van der Waals surface area contributed by atoms with E-state index in [1.165, 1.54) is 0 Å². The molecular formula is C15H21N5O3. The number of hydrogen-bond donors (Lipinski definition) is 2. The summed E-state index contributed by atoms with van der Waals surface area (Å²) in [5, 5.41) is 12.4. The molecule has 0 aromatic carbocycles. The van der Waals surface area contributed by atoms with Gasteiger partial charge in [0.1, 0.15) is 5.82 Å². The number of rotatable bonds is 3. The van der Waals surface area contributed by atoms with Gasteiger partial charge in [-0.05, 0) is 6.42 Å². The largest absolute Gasteiger partial charge is 0.389 e. The number of ether oxygens (including phenoxy) is 1. The van der Waals surface area contributed by atoms with Crippen molar-refractivity contribution in [1.82, 2.24) is 15.3 Å². The van der Waals surface area contributed by atoms with E-state index in [1.54, 1.807) is 0 Å². The fraction of sp³-hybridized carbons (Fsp3) is 0.667. The Balaban J connectivity index is 1.64. The average molecular weight is 319 g/mol. The van der Waals surface area contributed by atoms with E-state index in [-0.39, 0.29) is 17.9 Å². The molecule has 3 aliphatic rings. The summed E-state index contributed by atoms with van der Waals surface area (Å²) in [4.78, 5) is 24.9. The number of β-amino-alcohol motifs (C(OH)–C–C–N with tert-alkyl or cyclic N) is 1. The quantitative estimate of drug-likeness (QED) is 0.746. The molecule has 1 atom stereocenters. The molecule has 8 nitrogen and oxygen atoms in total. The molecule has 3 aliphatic heterocycles. The summed E-state index contributed by atoms with van der Waals surface area (Å²) in [5.41, 5.74) is 0.967. The van der Waals surface area contributed by atoms with Gasteiger partial charge in [-0.15, -0.1) is 0 Å². The van der Waals surface area contributed by atoms with Gasteiger partial charge in [-0.2, -0.15) is 4.98 Å². The van der Waals surface area contributed by atoms with Crippen LogP contribution in [0.15, 0.2) is 6.07 Å². The third-order valence-electron chi connectivity index (χ3n) is 4.58. The molecule has 3 saturated heterocycles. The topological polar surface area (TPSA) is 90.8 Å². The van der Waals surface area contributed by atoms with E-state index >= 15 is 0 Å². The molecule has 0 saturated carbocycles. The molecule has 124 valence electrons. The van der Waals surface area contributed by atoms with Crippen molar-refractivity contribution in [3.63, 3.8) is 0 Å². The SMILES string of the molecule is O=C1CN(c2cc(C3CCOC3)nc(N3CC(O)C3)n2)CCN1. The highest BCUT2D eigenvalue weighted by molar-refractivity contribution is 5.82. The Hall–Kier alpha value is -1.93. The van der Waals surface area contributed by atoms with Crippen molar-refractivity contribution < 1.29 is 14.6 Å². The molecule has 3 fully saturated rings. The number of nitrogens with one attached hydrogen (secondary N) is 1. The molecule has 0 radical (unpaired) electrons. The first-order valence-electron chi connectivity index (χ1n) is 8.10. The zero-order valence-electron chi connectivity index (χ0n) is 12.9. The monoisotopic (exact) mass is 319 g/mol. The molecule has 0 spiro atoms. The third kappa shape index (κ3) is 2.96. The summed E-state index contributed by atoms with van der Waals surface area (Å²) in [5.74, 6) is 1.72. The van der Waals surface area contributed by atoms with Crippen molar-refractivity contribution in [2.75, 3.05) is 55.7 Å². The number of amides is 1. The summed E-state index contributed by atoms with van der Waals surface area (Å²) in [6.45, 7) is 4.25.